The van der Waals surface area contributed by atoms with E-state index in [1.165, 1.54) is 5.56 Å². The van der Waals surface area contributed by atoms with Crippen LogP contribution in [0.4, 0.5) is 0 Å². The summed E-state index contributed by atoms with van der Waals surface area (Å²) in [6.07, 6.45) is 0. The summed E-state index contributed by atoms with van der Waals surface area (Å²) in [5.41, 5.74) is 1.24. The third-order valence-corrected chi connectivity index (χ3v) is 3.50. The van der Waals surface area contributed by atoms with Crippen LogP contribution in [0, 0.1) is 0 Å². The van der Waals surface area contributed by atoms with Crippen LogP contribution in [0.2, 0.25) is 0 Å². The summed E-state index contributed by atoms with van der Waals surface area (Å²) in [5.74, 6) is 0.333. The molecule has 2 nitrogen and oxygen atoms in total. The Kier molecular flexibility index (Phi) is 2.47. The number of phenolic OH excluding ortho intramolecular Hbond substituents is 1. The molecule has 70 valence electrons. The zero-order chi connectivity index (χ0) is 9.26. The van der Waals surface area contributed by atoms with Gasteiger partial charge in [0, 0.05) is 11.8 Å². The zero-order valence-electron chi connectivity index (χ0n) is 7.53. The Morgan fingerprint density at radius 3 is 2.62 bits per heavy atom. The van der Waals surface area contributed by atoms with E-state index < -0.39 is 0 Å². The molecule has 0 amide bonds. The van der Waals surface area contributed by atoms with Crippen LogP contribution in [0.15, 0.2) is 24.3 Å². The molecule has 1 heterocycles. The molecule has 0 aromatic heterocycles. The van der Waals surface area contributed by atoms with Gasteiger partial charge in [-0.15, -0.1) is 11.8 Å². The molecule has 0 bridgehead atoms. The largest absolute Gasteiger partial charge is 0.508 e. The monoisotopic (exact) mass is 195 g/mol. The van der Waals surface area contributed by atoms with Gasteiger partial charge >= 0.3 is 0 Å². The Morgan fingerprint density at radius 2 is 2.08 bits per heavy atom. The predicted octanol–water partition coefficient (Wildman–Crippen LogP) is 2.12. The number of hydrogen-bond acceptors (Lipinski definition) is 3. The minimum Gasteiger partial charge on any atom is -0.508 e. The molecule has 1 fully saturated rings. The van der Waals surface area contributed by atoms with Crippen molar-refractivity contribution < 1.29 is 5.11 Å². The van der Waals surface area contributed by atoms with Gasteiger partial charge in [0.15, 0.2) is 0 Å². The molecule has 13 heavy (non-hydrogen) atoms. The van der Waals surface area contributed by atoms with E-state index in [0.717, 1.165) is 6.54 Å². The van der Waals surface area contributed by atoms with Crippen molar-refractivity contribution >= 4 is 11.8 Å². The van der Waals surface area contributed by atoms with Gasteiger partial charge in [-0.2, -0.15) is 0 Å². The van der Waals surface area contributed by atoms with E-state index in [2.05, 4.69) is 12.2 Å². The normalized spacial score (nSPS) is 27.8. The summed E-state index contributed by atoms with van der Waals surface area (Å²) in [4.78, 5) is 0. The molecule has 1 aliphatic rings. The smallest absolute Gasteiger partial charge is 0.115 e. The standard InChI is InChI=1S/C10H13NOS/c1-7-6-11-10(13-7)8-2-4-9(12)5-3-8/h2-5,7,10-12H,6H2,1H3. The van der Waals surface area contributed by atoms with Gasteiger partial charge in [0.2, 0.25) is 0 Å². The van der Waals surface area contributed by atoms with E-state index in [4.69, 9.17) is 5.11 Å². The lowest BCUT2D eigenvalue weighted by Crippen LogP contribution is -2.13. The van der Waals surface area contributed by atoms with Crippen molar-refractivity contribution in [3.63, 3.8) is 0 Å². The Hall–Kier alpha value is -0.670. The lowest BCUT2D eigenvalue weighted by atomic mass is 10.2. The third-order valence-electron chi connectivity index (χ3n) is 2.15. The number of benzene rings is 1. The van der Waals surface area contributed by atoms with Gasteiger partial charge in [-0.05, 0) is 17.7 Å². The van der Waals surface area contributed by atoms with Gasteiger partial charge in [0.05, 0.1) is 5.37 Å². The van der Waals surface area contributed by atoms with Gasteiger partial charge < -0.3 is 10.4 Å². The van der Waals surface area contributed by atoms with Crippen molar-refractivity contribution in [2.45, 2.75) is 17.5 Å². The van der Waals surface area contributed by atoms with Crippen molar-refractivity contribution in [1.29, 1.82) is 0 Å². The predicted molar refractivity (Wildman–Crippen MR) is 55.9 cm³/mol. The number of rotatable bonds is 1. The van der Waals surface area contributed by atoms with Crippen LogP contribution in [0.3, 0.4) is 0 Å². The first kappa shape index (κ1) is 8.91. The Balaban J connectivity index is 2.13. The quantitative estimate of drug-likeness (QED) is 0.720. The minimum atomic E-state index is 0.333. The van der Waals surface area contributed by atoms with E-state index in [1.54, 1.807) is 12.1 Å². The van der Waals surface area contributed by atoms with Crippen LogP contribution in [0.1, 0.15) is 17.9 Å². The van der Waals surface area contributed by atoms with Crippen LogP contribution < -0.4 is 5.32 Å². The highest BCUT2D eigenvalue weighted by Gasteiger charge is 2.22. The average Bonchev–Trinajstić information content (AvgIpc) is 2.53. The maximum atomic E-state index is 9.12. The first-order chi connectivity index (χ1) is 6.25. The van der Waals surface area contributed by atoms with Crippen LogP contribution >= 0.6 is 11.8 Å². The second-order valence-electron chi connectivity index (χ2n) is 3.33. The van der Waals surface area contributed by atoms with Crippen molar-refractivity contribution in [3.05, 3.63) is 29.8 Å². The summed E-state index contributed by atoms with van der Waals surface area (Å²) in [6.45, 7) is 3.29. The van der Waals surface area contributed by atoms with Crippen molar-refractivity contribution in [2.75, 3.05) is 6.54 Å². The lowest BCUT2D eigenvalue weighted by Gasteiger charge is -2.09. The summed E-state index contributed by atoms with van der Waals surface area (Å²) in [6, 6.07) is 7.41. The van der Waals surface area contributed by atoms with Crippen LogP contribution in [0.25, 0.3) is 0 Å². The van der Waals surface area contributed by atoms with Crippen LogP contribution in [-0.2, 0) is 0 Å². The van der Waals surface area contributed by atoms with E-state index in [1.807, 2.05) is 23.9 Å². The van der Waals surface area contributed by atoms with Gasteiger partial charge in [-0.3, -0.25) is 0 Å². The Labute approximate surface area is 82.4 Å². The van der Waals surface area contributed by atoms with Gasteiger partial charge in [0.1, 0.15) is 5.75 Å². The number of hydrogen-bond donors (Lipinski definition) is 2. The summed E-state index contributed by atoms with van der Waals surface area (Å²) >= 11 is 1.93. The van der Waals surface area contributed by atoms with E-state index in [-0.39, 0.29) is 0 Å². The van der Waals surface area contributed by atoms with Crippen molar-refractivity contribution in [2.24, 2.45) is 0 Å². The third kappa shape index (κ3) is 1.98. The Bertz CT molecular complexity index is 285. The molecule has 1 aromatic carbocycles. The summed E-state index contributed by atoms with van der Waals surface area (Å²) in [5, 5.41) is 13.6. The average molecular weight is 195 g/mol. The molecule has 1 saturated heterocycles. The molecular weight excluding hydrogens is 182 g/mol. The Morgan fingerprint density at radius 1 is 1.38 bits per heavy atom. The fraction of sp³-hybridized carbons (Fsp3) is 0.400. The molecule has 0 aliphatic carbocycles. The summed E-state index contributed by atoms with van der Waals surface area (Å²) in [7, 11) is 0. The second-order valence-corrected chi connectivity index (χ2v) is 4.87. The van der Waals surface area contributed by atoms with E-state index in [9.17, 15) is 0 Å². The van der Waals surface area contributed by atoms with Gasteiger partial charge in [0.25, 0.3) is 0 Å². The molecule has 0 radical (unpaired) electrons. The van der Waals surface area contributed by atoms with E-state index >= 15 is 0 Å². The lowest BCUT2D eigenvalue weighted by molar-refractivity contribution is 0.475. The zero-order valence-corrected chi connectivity index (χ0v) is 8.34. The maximum absolute atomic E-state index is 9.12. The van der Waals surface area contributed by atoms with Crippen LogP contribution in [0.5, 0.6) is 5.75 Å². The fourth-order valence-electron chi connectivity index (χ4n) is 1.45. The second kappa shape index (κ2) is 3.60. The number of phenols is 1. The molecule has 2 unspecified atom stereocenters. The van der Waals surface area contributed by atoms with Crippen LogP contribution in [-0.4, -0.2) is 16.9 Å². The van der Waals surface area contributed by atoms with Gasteiger partial charge in [-0.1, -0.05) is 19.1 Å². The van der Waals surface area contributed by atoms with E-state index in [0.29, 0.717) is 16.4 Å². The fourth-order valence-corrected chi connectivity index (χ4v) is 2.61. The highest BCUT2D eigenvalue weighted by molar-refractivity contribution is 8.00. The molecule has 1 aromatic rings. The molecule has 0 spiro atoms. The first-order valence-corrected chi connectivity index (χ1v) is 5.38. The molecule has 0 saturated carbocycles. The van der Waals surface area contributed by atoms with Gasteiger partial charge in [-0.25, -0.2) is 0 Å². The highest BCUT2D eigenvalue weighted by Crippen LogP contribution is 2.34. The number of aromatic hydroxyl groups is 1. The number of nitrogens with one attached hydrogen (secondary N) is 1. The molecule has 3 heteroatoms. The summed E-state index contributed by atoms with van der Waals surface area (Å²) < 4.78 is 0. The SMILES string of the molecule is CC1CNC(c2ccc(O)cc2)S1. The molecular formula is C10H13NOS. The molecule has 2 N–H and O–H groups in total. The van der Waals surface area contributed by atoms with Crippen molar-refractivity contribution in [3.8, 4) is 5.75 Å². The maximum Gasteiger partial charge on any atom is 0.115 e. The molecule has 2 rings (SSSR count). The highest BCUT2D eigenvalue weighted by atomic mass is 32.2. The topological polar surface area (TPSA) is 32.3 Å². The molecule has 2 atom stereocenters. The molecule has 1 aliphatic heterocycles. The first-order valence-electron chi connectivity index (χ1n) is 4.43. The minimum absolute atomic E-state index is 0.333. The number of thioether (sulfide) groups is 1. The van der Waals surface area contributed by atoms with Crippen molar-refractivity contribution in [1.82, 2.24) is 5.32 Å².